The minimum atomic E-state index is -4.41. The first-order valence-corrected chi connectivity index (χ1v) is 35.4. The third-order valence-electron chi connectivity index (χ3n) is 13.7. The third-order valence-corrected chi connectivity index (χ3v) is 14.7. The first-order chi connectivity index (χ1) is 42.0. The predicted octanol–water partition coefficient (Wildman–Crippen LogP) is 22.2. The Hall–Kier alpha value is -4.63. The Morgan fingerprint density at radius 1 is 0.372 bits per heavy atom. The molecule has 0 aliphatic heterocycles. The topological polar surface area (TPSA) is 108 Å². The Morgan fingerprint density at radius 3 is 0.988 bits per heavy atom. The quantitative estimate of drug-likeness (QED) is 0.0211. The number of hydrogen-bond acceptors (Lipinski definition) is 7. The molecule has 0 amide bonds. The van der Waals surface area contributed by atoms with Crippen molar-refractivity contribution in [2.75, 3.05) is 47.5 Å². The molecule has 0 rings (SSSR count). The van der Waals surface area contributed by atoms with Crippen molar-refractivity contribution < 1.29 is 42.1 Å². The van der Waals surface area contributed by atoms with Gasteiger partial charge < -0.3 is 18.9 Å². The van der Waals surface area contributed by atoms with Crippen molar-refractivity contribution in [1.29, 1.82) is 0 Å². The zero-order valence-corrected chi connectivity index (χ0v) is 56.1. The lowest BCUT2D eigenvalue weighted by Gasteiger charge is -2.24. The summed E-state index contributed by atoms with van der Waals surface area (Å²) < 4.78 is 34.6. The number of phosphoric acid groups is 1. The highest BCUT2D eigenvalue weighted by atomic mass is 31.2. The number of esters is 2. The number of allylic oxidation sites excluding steroid dienone is 28. The zero-order chi connectivity index (χ0) is 62.6. The summed E-state index contributed by atoms with van der Waals surface area (Å²) in [5.41, 5.74) is 0. The average Bonchev–Trinajstić information content (AvgIpc) is 3.70. The first kappa shape index (κ1) is 81.4. The number of phosphoric ester groups is 1. The minimum absolute atomic E-state index is 0.0181. The number of nitrogens with zero attached hydrogens (tertiary/aromatic N) is 1. The molecule has 0 fully saturated rings. The normalized spacial score (nSPS) is 14.3. The highest BCUT2D eigenvalue weighted by Gasteiger charge is 2.27. The van der Waals surface area contributed by atoms with E-state index in [-0.39, 0.29) is 32.0 Å². The van der Waals surface area contributed by atoms with Gasteiger partial charge in [-0.1, -0.05) is 267 Å². The van der Waals surface area contributed by atoms with Crippen LogP contribution in [0.25, 0.3) is 0 Å². The molecule has 0 spiro atoms. The summed E-state index contributed by atoms with van der Waals surface area (Å²) in [5.74, 6) is -0.835. The number of rotatable bonds is 60. The molecular formula is C76H125NO8P+. The molecule has 0 bridgehead atoms. The molecule has 0 saturated carbocycles. The molecule has 0 aliphatic carbocycles. The molecular weight excluding hydrogens is 1090 g/mol. The maximum absolute atomic E-state index is 12.9. The lowest BCUT2D eigenvalue weighted by molar-refractivity contribution is -0.870. The standard InChI is InChI=1S/C76H124NO8P/c1-6-8-10-12-14-16-18-20-22-24-26-28-29-30-31-32-33-34-35-36-37-38-39-40-41-42-43-44-45-46-47-49-51-53-55-57-59-61-63-65-67-69-76(79)85-74(73-84-86(80,81)83-71-70-77(3,4)5)72-82-75(78)68-66-64-62-60-58-56-54-52-50-48-27-25-23-21-19-17-15-13-11-9-7-2/h8,10,14,16,19-22,25-28,30-31,33-34,36-37,39-40,42-43,45-46,49-52,74H,6-7,9,11-13,15,17-18,23-24,29,32,35,38,41,44,47-48,53-73H2,1-5H3/p+1/b10-8-,16-14-,21-19-,22-20-,27-25-,28-26-,31-30-,34-33-,37-36-,40-39-,43-42-,46-45-,51-49-,52-50-. The van der Waals surface area contributed by atoms with E-state index in [4.69, 9.17) is 18.5 Å². The van der Waals surface area contributed by atoms with Crippen molar-refractivity contribution in [1.82, 2.24) is 0 Å². The molecule has 0 saturated heterocycles. The molecule has 486 valence electrons. The Morgan fingerprint density at radius 2 is 0.663 bits per heavy atom. The molecule has 9 nitrogen and oxygen atoms in total. The van der Waals surface area contributed by atoms with Crippen LogP contribution in [0.3, 0.4) is 0 Å². The van der Waals surface area contributed by atoms with Gasteiger partial charge in [0.15, 0.2) is 6.10 Å². The summed E-state index contributed by atoms with van der Waals surface area (Å²) in [6, 6.07) is 0. The smallest absolute Gasteiger partial charge is 0.462 e. The maximum Gasteiger partial charge on any atom is 0.472 e. The summed E-state index contributed by atoms with van der Waals surface area (Å²) in [6.07, 6.45) is 98.7. The van der Waals surface area contributed by atoms with E-state index >= 15 is 0 Å². The van der Waals surface area contributed by atoms with Gasteiger partial charge in [-0.05, 0) is 135 Å². The van der Waals surface area contributed by atoms with E-state index in [2.05, 4.69) is 184 Å². The van der Waals surface area contributed by atoms with Crippen LogP contribution in [0, 0.1) is 0 Å². The summed E-state index contributed by atoms with van der Waals surface area (Å²) >= 11 is 0. The molecule has 2 unspecified atom stereocenters. The lowest BCUT2D eigenvalue weighted by atomic mass is 10.1. The number of carbonyl (C=O) groups excluding carboxylic acids is 2. The summed E-state index contributed by atoms with van der Waals surface area (Å²) in [4.78, 5) is 35.8. The SMILES string of the molecule is CC/C=C\C/C=C\C/C=C\C/C=C\C/C=C\C/C=C\C/C=C\C/C=C\C/C=C\C/C=C\C/C=C\CCCCCCCCCC(=O)OC(COC(=O)CCCCCCCC/C=C\C/C=C\C/C=C\CCCCCCC)COP(=O)(O)OCC[N+](C)(C)C. The largest absolute Gasteiger partial charge is 0.472 e. The maximum atomic E-state index is 12.9. The second-order valence-electron chi connectivity index (χ2n) is 23.1. The molecule has 86 heavy (non-hydrogen) atoms. The van der Waals surface area contributed by atoms with Gasteiger partial charge in [0.25, 0.3) is 0 Å². The van der Waals surface area contributed by atoms with Crippen molar-refractivity contribution in [3.8, 4) is 0 Å². The molecule has 0 aromatic heterocycles. The minimum Gasteiger partial charge on any atom is -0.462 e. The monoisotopic (exact) mass is 1210 g/mol. The van der Waals surface area contributed by atoms with Crippen molar-refractivity contribution in [3.05, 3.63) is 170 Å². The van der Waals surface area contributed by atoms with E-state index in [0.717, 1.165) is 141 Å². The summed E-state index contributed by atoms with van der Waals surface area (Å²) in [6.45, 7) is 4.26. The highest BCUT2D eigenvalue weighted by molar-refractivity contribution is 7.47. The van der Waals surface area contributed by atoms with E-state index in [1.54, 1.807) is 0 Å². The molecule has 10 heteroatoms. The van der Waals surface area contributed by atoms with Gasteiger partial charge >= 0.3 is 19.8 Å². The number of unbranched alkanes of at least 4 members (excludes halogenated alkanes) is 18. The van der Waals surface area contributed by atoms with Crippen LogP contribution in [0.15, 0.2) is 170 Å². The van der Waals surface area contributed by atoms with Crippen LogP contribution in [0.2, 0.25) is 0 Å². The molecule has 0 aromatic rings. The molecule has 0 aromatic carbocycles. The summed E-state index contributed by atoms with van der Waals surface area (Å²) in [7, 11) is 1.44. The van der Waals surface area contributed by atoms with Crippen molar-refractivity contribution in [3.63, 3.8) is 0 Å². The fraction of sp³-hybridized carbons (Fsp3) is 0.605. The van der Waals surface area contributed by atoms with E-state index in [0.29, 0.717) is 23.9 Å². The second kappa shape index (κ2) is 64.8. The summed E-state index contributed by atoms with van der Waals surface area (Å²) in [5, 5.41) is 0. The van der Waals surface area contributed by atoms with Crippen molar-refractivity contribution >= 4 is 19.8 Å². The molecule has 2 atom stereocenters. The molecule has 0 heterocycles. The number of hydrogen-bond donors (Lipinski definition) is 1. The van der Waals surface area contributed by atoms with Crippen molar-refractivity contribution in [2.45, 2.75) is 251 Å². The fourth-order valence-electron chi connectivity index (χ4n) is 8.56. The van der Waals surface area contributed by atoms with E-state index in [1.165, 1.54) is 64.2 Å². The van der Waals surface area contributed by atoms with Gasteiger partial charge in [0.1, 0.15) is 19.8 Å². The zero-order valence-electron chi connectivity index (χ0n) is 55.2. The first-order valence-electron chi connectivity index (χ1n) is 33.9. The predicted molar refractivity (Wildman–Crippen MR) is 371 cm³/mol. The van der Waals surface area contributed by atoms with Gasteiger partial charge in [0.05, 0.1) is 27.7 Å². The van der Waals surface area contributed by atoms with Crippen LogP contribution < -0.4 is 0 Å². The molecule has 1 N–H and O–H groups in total. The van der Waals surface area contributed by atoms with Gasteiger partial charge in [-0.15, -0.1) is 0 Å². The Labute approximate surface area is 528 Å². The number of quaternary nitrogens is 1. The van der Waals surface area contributed by atoms with Crippen molar-refractivity contribution in [2.24, 2.45) is 0 Å². The Kier molecular flexibility index (Phi) is 61.3. The van der Waals surface area contributed by atoms with Crippen LogP contribution in [-0.2, 0) is 32.7 Å². The average molecular weight is 1210 g/mol. The van der Waals surface area contributed by atoms with Gasteiger partial charge in [0.2, 0.25) is 0 Å². The second-order valence-corrected chi connectivity index (χ2v) is 24.6. The lowest BCUT2D eigenvalue weighted by Crippen LogP contribution is -2.37. The van der Waals surface area contributed by atoms with E-state index < -0.39 is 26.5 Å². The molecule has 0 radical (unpaired) electrons. The van der Waals surface area contributed by atoms with Gasteiger partial charge in [-0.3, -0.25) is 18.6 Å². The number of ether oxygens (including phenoxy) is 2. The fourth-order valence-corrected chi connectivity index (χ4v) is 9.30. The Bertz CT molecular complexity index is 2060. The molecule has 0 aliphatic rings. The van der Waals surface area contributed by atoms with Gasteiger partial charge in [0, 0.05) is 12.8 Å². The van der Waals surface area contributed by atoms with Crippen LogP contribution in [0.4, 0.5) is 0 Å². The van der Waals surface area contributed by atoms with Gasteiger partial charge in [-0.25, -0.2) is 4.57 Å². The third kappa shape index (κ3) is 68.5. The van der Waals surface area contributed by atoms with Gasteiger partial charge in [-0.2, -0.15) is 0 Å². The Balaban J connectivity index is 4.17. The van der Waals surface area contributed by atoms with E-state index in [1.807, 2.05) is 21.1 Å². The van der Waals surface area contributed by atoms with Crippen LogP contribution >= 0.6 is 7.82 Å². The van der Waals surface area contributed by atoms with E-state index in [9.17, 15) is 19.0 Å². The van der Waals surface area contributed by atoms with Crippen LogP contribution in [0.5, 0.6) is 0 Å². The van der Waals surface area contributed by atoms with Crippen LogP contribution in [0.1, 0.15) is 245 Å². The highest BCUT2D eigenvalue weighted by Crippen LogP contribution is 2.43. The van der Waals surface area contributed by atoms with Crippen LogP contribution in [-0.4, -0.2) is 74.9 Å². The number of carbonyl (C=O) groups is 2. The number of likely N-dealkylation sites (N-methyl/N-ethyl adjacent to an activating group) is 1.